The molecule has 0 spiro atoms. The predicted molar refractivity (Wildman–Crippen MR) is 145 cm³/mol. The normalized spacial score (nSPS) is 15.5. The van der Waals surface area contributed by atoms with Gasteiger partial charge in [0.2, 0.25) is 10.0 Å². The molecule has 7 nitrogen and oxygen atoms in total. The molecule has 1 N–H and O–H groups in total. The Balaban J connectivity index is 1.31. The number of nitrogens with zero attached hydrogens (tertiary/aromatic N) is 4. The average molecular weight is 640 g/mol. The average Bonchev–Trinajstić information content (AvgIpc) is 3.24. The third kappa shape index (κ3) is 4.99. The Morgan fingerprint density at radius 3 is 2.49 bits per heavy atom. The Bertz CT molecular complexity index is 1490. The minimum absolute atomic E-state index is 0.312. The number of sulfonamides is 1. The largest absolute Gasteiger partial charge is 0.370 e. The van der Waals surface area contributed by atoms with Crippen LogP contribution in [0.4, 0.5) is 5.82 Å². The van der Waals surface area contributed by atoms with Crippen LogP contribution in [0.2, 0.25) is 5.02 Å². The van der Waals surface area contributed by atoms with Crippen LogP contribution in [-0.4, -0.2) is 47.0 Å². The Labute approximate surface area is 225 Å². The van der Waals surface area contributed by atoms with E-state index in [-0.39, 0.29) is 0 Å². The van der Waals surface area contributed by atoms with Crippen molar-refractivity contribution in [1.29, 1.82) is 0 Å². The molecule has 0 atom stereocenters. The van der Waals surface area contributed by atoms with E-state index in [1.54, 1.807) is 33.2 Å². The number of aromatic nitrogens is 3. The molecular weight excluding hydrogens is 618 g/mol. The molecule has 11 heteroatoms. The molecule has 0 saturated carbocycles. The molecule has 0 aliphatic carbocycles. The molecule has 182 valence electrons. The van der Waals surface area contributed by atoms with Crippen LogP contribution in [0, 0.1) is 5.92 Å². The Morgan fingerprint density at radius 1 is 1.03 bits per heavy atom. The highest BCUT2D eigenvalue weighted by atomic mass is 79.9. The highest BCUT2D eigenvalue weighted by molar-refractivity contribution is 9.11. The van der Waals surface area contributed by atoms with Gasteiger partial charge in [-0.3, -0.25) is 0 Å². The molecule has 2 aromatic heterocycles. The second-order valence-corrected chi connectivity index (χ2v) is 12.4. The minimum atomic E-state index is -3.52. The lowest BCUT2D eigenvalue weighted by Gasteiger charge is -2.31. The first-order chi connectivity index (χ1) is 16.8. The zero-order chi connectivity index (χ0) is 24.6. The summed E-state index contributed by atoms with van der Waals surface area (Å²) in [6.07, 6.45) is 3.26. The fraction of sp³-hybridized carbons (Fsp3) is 0.250. The summed E-state index contributed by atoms with van der Waals surface area (Å²) in [5, 5.41) is 8.59. The molecule has 3 heterocycles. The minimum Gasteiger partial charge on any atom is -0.370 e. The Morgan fingerprint density at radius 2 is 1.74 bits per heavy atom. The number of anilines is 1. The van der Waals surface area contributed by atoms with Gasteiger partial charge in [-0.15, -0.1) is 0 Å². The van der Waals surface area contributed by atoms with Crippen molar-refractivity contribution in [3.8, 4) is 11.3 Å². The van der Waals surface area contributed by atoms with Gasteiger partial charge in [0.25, 0.3) is 0 Å². The summed E-state index contributed by atoms with van der Waals surface area (Å²) in [6, 6.07) is 16.5. The molecule has 5 rings (SSSR count). The molecule has 1 fully saturated rings. The Hall–Kier alpha value is -1.98. The van der Waals surface area contributed by atoms with Gasteiger partial charge in [-0.25, -0.2) is 13.4 Å². The summed E-state index contributed by atoms with van der Waals surface area (Å²) in [6.45, 7) is 1.67. The van der Waals surface area contributed by atoms with Gasteiger partial charge in [0.05, 0.1) is 21.3 Å². The van der Waals surface area contributed by atoms with Crippen LogP contribution in [-0.2, 0) is 10.0 Å². The van der Waals surface area contributed by atoms with Gasteiger partial charge < -0.3 is 5.32 Å². The molecule has 2 aromatic carbocycles. The molecule has 4 aromatic rings. The highest BCUT2D eigenvalue weighted by Crippen LogP contribution is 2.31. The fourth-order valence-corrected chi connectivity index (χ4v) is 7.28. The standard InChI is InChI=1S/C24H22Br2ClN5O2S/c25-18-6-2-4-8-22(18)35(33,34)31-11-9-16(10-12-31)14-28-23-13-21(17-5-1-3-7-20(17)27)30-24-19(26)15-29-32(23)24/h1-8,13,15-16,28H,9-12,14H2. The van der Waals surface area contributed by atoms with E-state index in [0.717, 1.165) is 34.4 Å². The van der Waals surface area contributed by atoms with E-state index in [2.05, 4.69) is 42.3 Å². The number of halogens is 3. The van der Waals surface area contributed by atoms with Gasteiger partial charge in [0.15, 0.2) is 5.65 Å². The van der Waals surface area contributed by atoms with Crippen LogP contribution in [0.3, 0.4) is 0 Å². The third-order valence-electron chi connectivity index (χ3n) is 6.18. The zero-order valence-corrected chi connectivity index (χ0v) is 23.3. The van der Waals surface area contributed by atoms with Gasteiger partial charge >= 0.3 is 0 Å². The van der Waals surface area contributed by atoms with Gasteiger partial charge in [-0.2, -0.15) is 13.9 Å². The molecule has 1 saturated heterocycles. The van der Waals surface area contributed by atoms with Crippen LogP contribution in [0.15, 0.2) is 74.6 Å². The maximum Gasteiger partial charge on any atom is 0.244 e. The molecule has 0 unspecified atom stereocenters. The second kappa shape index (κ2) is 10.2. The van der Waals surface area contributed by atoms with Gasteiger partial charge in [0, 0.05) is 40.8 Å². The number of fused-ring (bicyclic) bond motifs is 1. The van der Waals surface area contributed by atoms with E-state index in [9.17, 15) is 8.42 Å². The molecule has 0 radical (unpaired) electrons. The molecule has 0 bridgehead atoms. The van der Waals surface area contributed by atoms with Crippen molar-refractivity contribution in [1.82, 2.24) is 18.9 Å². The van der Waals surface area contributed by atoms with E-state index >= 15 is 0 Å². The van der Waals surface area contributed by atoms with Gasteiger partial charge in [0.1, 0.15) is 5.82 Å². The topological polar surface area (TPSA) is 79.6 Å². The number of rotatable bonds is 6. The molecule has 1 aliphatic heterocycles. The number of piperidine rings is 1. The summed E-state index contributed by atoms with van der Waals surface area (Å²) in [5.41, 5.74) is 2.29. The lowest BCUT2D eigenvalue weighted by atomic mass is 9.98. The van der Waals surface area contributed by atoms with Crippen LogP contribution in [0.1, 0.15) is 12.8 Å². The summed E-state index contributed by atoms with van der Waals surface area (Å²) in [4.78, 5) is 5.06. The molecule has 35 heavy (non-hydrogen) atoms. The van der Waals surface area contributed by atoms with E-state index in [1.165, 1.54) is 0 Å². The number of hydrogen-bond donors (Lipinski definition) is 1. The van der Waals surface area contributed by atoms with Crippen LogP contribution in [0.5, 0.6) is 0 Å². The second-order valence-electron chi connectivity index (χ2n) is 8.39. The molecular formula is C24H22Br2ClN5O2S. The third-order valence-corrected chi connectivity index (χ3v) is 9.98. The van der Waals surface area contributed by atoms with Crippen molar-refractivity contribution >= 4 is 64.9 Å². The van der Waals surface area contributed by atoms with Crippen LogP contribution in [0.25, 0.3) is 16.9 Å². The van der Waals surface area contributed by atoms with Crippen molar-refractivity contribution in [3.63, 3.8) is 0 Å². The van der Waals surface area contributed by atoms with E-state index in [0.29, 0.717) is 45.6 Å². The zero-order valence-electron chi connectivity index (χ0n) is 18.5. The van der Waals surface area contributed by atoms with Crippen molar-refractivity contribution in [3.05, 3.63) is 74.8 Å². The van der Waals surface area contributed by atoms with Gasteiger partial charge in [-0.05, 0) is 68.8 Å². The van der Waals surface area contributed by atoms with E-state index in [1.807, 2.05) is 36.4 Å². The first kappa shape index (κ1) is 24.7. The predicted octanol–water partition coefficient (Wildman–Crippen LogP) is 6.09. The summed E-state index contributed by atoms with van der Waals surface area (Å²) in [5.74, 6) is 1.13. The van der Waals surface area contributed by atoms with Crippen molar-refractivity contribution in [2.45, 2.75) is 17.7 Å². The highest BCUT2D eigenvalue weighted by Gasteiger charge is 2.30. The van der Waals surface area contributed by atoms with Crippen LogP contribution < -0.4 is 5.32 Å². The molecule has 1 aliphatic rings. The maximum absolute atomic E-state index is 13.1. The molecule has 0 amide bonds. The van der Waals surface area contributed by atoms with Crippen LogP contribution >= 0.6 is 43.5 Å². The van der Waals surface area contributed by atoms with Crippen molar-refractivity contribution in [2.75, 3.05) is 25.0 Å². The lowest BCUT2D eigenvalue weighted by Crippen LogP contribution is -2.40. The smallest absolute Gasteiger partial charge is 0.244 e. The van der Waals surface area contributed by atoms with Gasteiger partial charge in [-0.1, -0.05) is 41.9 Å². The monoisotopic (exact) mass is 637 g/mol. The number of benzene rings is 2. The summed E-state index contributed by atoms with van der Waals surface area (Å²) >= 11 is 13.3. The number of hydrogen-bond acceptors (Lipinski definition) is 5. The van der Waals surface area contributed by atoms with E-state index < -0.39 is 10.0 Å². The first-order valence-electron chi connectivity index (χ1n) is 11.1. The van der Waals surface area contributed by atoms with Crippen molar-refractivity contribution in [2.24, 2.45) is 5.92 Å². The summed E-state index contributed by atoms with van der Waals surface area (Å²) < 4.78 is 30.9. The lowest BCUT2D eigenvalue weighted by molar-refractivity contribution is 0.282. The fourth-order valence-electron chi connectivity index (χ4n) is 4.26. The van der Waals surface area contributed by atoms with E-state index in [4.69, 9.17) is 16.6 Å². The quantitative estimate of drug-likeness (QED) is 0.277. The number of nitrogens with one attached hydrogen (secondary N) is 1. The van der Waals surface area contributed by atoms with Crippen molar-refractivity contribution < 1.29 is 8.42 Å². The SMILES string of the molecule is O=S(=O)(c1ccccc1Br)N1CCC(CNc2cc(-c3ccccc3Cl)nc3c(Br)cnn23)CC1. The summed E-state index contributed by atoms with van der Waals surface area (Å²) in [7, 11) is -3.52. The Kier molecular flexibility index (Phi) is 7.18. The first-order valence-corrected chi connectivity index (χ1v) is 14.5. The maximum atomic E-state index is 13.1.